The molecule has 60 heavy (non-hydrogen) atoms. The van der Waals surface area contributed by atoms with Crippen LogP contribution in [0.5, 0.6) is 0 Å². The number of benzene rings is 2. The zero-order valence-electron chi connectivity index (χ0n) is 37.6. The molecule has 4 radical (unpaired) electrons. The lowest BCUT2D eigenvalue weighted by atomic mass is 9.88. The van der Waals surface area contributed by atoms with Crippen LogP contribution in [0.2, 0.25) is 0 Å². The van der Waals surface area contributed by atoms with Gasteiger partial charge in [0, 0.05) is 20.0 Å². The summed E-state index contributed by atoms with van der Waals surface area (Å²) in [4.78, 5) is 24.0. The molecule has 3 unspecified atom stereocenters. The lowest BCUT2D eigenvalue weighted by Gasteiger charge is -2.28. The number of esters is 1. The van der Waals surface area contributed by atoms with Crippen LogP contribution in [0.4, 0.5) is 0 Å². The van der Waals surface area contributed by atoms with Gasteiger partial charge in [-0.15, -0.1) is 26.3 Å². The van der Waals surface area contributed by atoms with E-state index in [1.165, 1.54) is 0 Å². The fourth-order valence-corrected chi connectivity index (χ4v) is 7.16. The van der Waals surface area contributed by atoms with Gasteiger partial charge in [0.1, 0.15) is 28.0 Å². The van der Waals surface area contributed by atoms with Crippen molar-refractivity contribution in [3.63, 3.8) is 0 Å². The first-order valence-corrected chi connectivity index (χ1v) is 24.1. The average Bonchev–Trinajstić information content (AvgIpc) is 3.17. The molecule has 330 valence electrons. The fraction of sp³-hybridized carbons (Fsp3) is 0.532. The molecule has 2 N–H and O–H groups in total. The van der Waals surface area contributed by atoms with E-state index in [0.29, 0.717) is 68.3 Å². The van der Waals surface area contributed by atoms with Gasteiger partial charge in [-0.3, -0.25) is 0 Å². The number of carboxylic acids is 1. The van der Waals surface area contributed by atoms with E-state index in [0.717, 1.165) is 41.5 Å². The van der Waals surface area contributed by atoms with E-state index in [-0.39, 0.29) is 37.0 Å². The highest BCUT2D eigenvalue weighted by molar-refractivity contribution is 7.77. The van der Waals surface area contributed by atoms with Gasteiger partial charge in [-0.2, -0.15) is 0 Å². The monoisotopic (exact) mass is 864 g/mol. The predicted octanol–water partition coefficient (Wildman–Crippen LogP) is 10.9. The maximum atomic E-state index is 13.2. The highest BCUT2D eigenvalue weighted by atomic mass is 31.1. The molecule has 13 heteroatoms. The number of aryl methyl sites for hydroxylation is 2. The number of hydrogen-bond donors (Lipinski definition) is 2. The predicted molar refractivity (Wildman–Crippen MR) is 254 cm³/mol. The molecular formula is C47H72B2O9P2. The molecule has 0 aliphatic heterocycles. The van der Waals surface area contributed by atoms with Crippen molar-refractivity contribution in [1.82, 2.24) is 0 Å². The Hall–Kier alpha value is -2.87. The van der Waals surface area contributed by atoms with Crippen molar-refractivity contribution in [3.05, 3.63) is 120 Å². The Kier molecular flexibility index (Phi) is 32.1. The average molecular weight is 865 g/mol. The first-order valence-electron chi connectivity index (χ1n) is 20.5. The Balaban J connectivity index is 0.000000995. The van der Waals surface area contributed by atoms with Crippen molar-refractivity contribution in [2.75, 3.05) is 40.4 Å². The number of methoxy groups -OCH3 is 1. The Labute approximate surface area is 367 Å². The van der Waals surface area contributed by atoms with Crippen LogP contribution in [-0.2, 0) is 36.1 Å². The molecule has 0 heterocycles. The van der Waals surface area contributed by atoms with E-state index >= 15 is 0 Å². The maximum absolute atomic E-state index is 13.2. The largest absolute Gasteiger partial charge is 0.478 e. The van der Waals surface area contributed by atoms with E-state index in [2.05, 4.69) is 47.1 Å². The van der Waals surface area contributed by atoms with Gasteiger partial charge < -0.3 is 33.5 Å². The van der Waals surface area contributed by atoms with E-state index < -0.39 is 22.0 Å². The Morgan fingerprint density at radius 3 is 1.73 bits per heavy atom. The standard InChI is InChI=1S/C24H36BO5P.C12H24BO2P.C11H12O2/c1-7-10-18(3)22(28-17-27-5)16-21(14-15-29-31(6)25)30-24(26)23-19(4)12-9-13-20(23)11-8-2;1-5-6-10(2)11(3)9-12(14)7-8-15-16(4)13;1-3-5-9-7-4-6-8(2)10(9)11(12)13/h7-9,12-13,18,21-22H,1-2,10-11,14-17H2,3-6H3;5,10-12,14H,1,6-9H2,2-4H3;3-4,6-7H,1,5H2,2H3,(H,12,13)/t18-,21?,22+,31?;10-,11+,12+,16?;/m00./s1. The summed E-state index contributed by atoms with van der Waals surface area (Å²) in [5.74, 6) is 0.0746. The molecule has 0 aromatic heterocycles. The minimum atomic E-state index is -0.974. The summed E-state index contributed by atoms with van der Waals surface area (Å²) in [6, 6.07) is 11.3. The number of aliphatic hydroxyl groups is 1. The van der Waals surface area contributed by atoms with Gasteiger partial charge in [0.2, 0.25) is 0 Å². The smallest absolute Gasteiger partial charge is 0.338 e. The molecule has 0 saturated carbocycles. The molecule has 8 atom stereocenters. The van der Waals surface area contributed by atoms with Crippen LogP contribution in [0.3, 0.4) is 0 Å². The van der Waals surface area contributed by atoms with E-state index in [1.54, 1.807) is 32.3 Å². The summed E-state index contributed by atoms with van der Waals surface area (Å²) in [6.45, 7) is 30.0. The molecule has 0 aliphatic rings. The van der Waals surface area contributed by atoms with Crippen LogP contribution in [0.25, 0.3) is 0 Å². The number of carbonyl (C=O) groups is 2. The van der Waals surface area contributed by atoms with Crippen molar-refractivity contribution >= 4 is 43.1 Å². The van der Waals surface area contributed by atoms with Crippen molar-refractivity contribution in [2.45, 2.75) is 104 Å². The highest BCUT2D eigenvalue weighted by Crippen LogP contribution is 2.28. The first kappa shape index (κ1) is 57.1. The molecule has 2 aromatic carbocycles. The second-order valence-electron chi connectivity index (χ2n) is 15.1. The number of aliphatic hydroxyl groups excluding tert-OH is 1. The number of carbonyl (C=O) groups excluding carboxylic acids is 1. The SMILES string of the molecule is C=CCc1cccc(C)c1C(=O)O.[B]P(C)OCCC(C[C@@H](OCOC)[C@@H](C)CC=C)OC(=O)c1c(C)cccc1CC=C.[B]P(C)OCC[C@@H](O)C[C@@H](C)[C@@H](C)CC=C. The molecular weight excluding hydrogens is 792 g/mol. The lowest BCUT2D eigenvalue weighted by molar-refractivity contribution is -0.103. The van der Waals surface area contributed by atoms with Crippen LogP contribution in [0, 0.1) is 31.6 Å². The highest BCUT2D eigenvalue weighted by Gasteiger charge is 2.27. The Morgan fingerprint density at radius 2 is 1.25 bits per heavy atom. The Bertz CT molecular complexity index is 1550. The van der Waals surface area contributed by atoms with E-state index in [1.807, 2.05) is 62.7 Å². The summed E-state index contributed by atoms with van der Waals surface area (Å²) >= 11 is 0. The van der Waals surface area contributed by atoms with Crippen LogP contribution in [0.15, 0.2) is 87.0 Å². The molecule has 2 aromatic rings. The number of hydrogen-bond acceptors (Lipinski definition) is 8. The molecule has 0 bridgehead atoms. The number of carboxylic acid groups (broad SMARTS) is 1. The number of aromatic carboxylic acids is 1. The van der Waals surface area contributed by atoms with E-state index in [4.69, 9.17) is 43.5 Å². The van der Waals surface area contributed by atoms with Gasteiger partial charge in [-0.1, -0.05) is 81.5 Å². The second kappa shape index (κ2) is 33.7. The topological polar surface area (TPSA) is 121 Å². The molecule has 9 nitrogen and oxygen atoms in total. The lowest BCUT2D eigenvalue weighted by Crippen LogP contribution is -2.31. The van der Waals surface area contributed by atoms with Gasteiger partial charge in [-0.25, -0.2) is 9.59 Å². The summed E-state index contributed by atoms with van der Waals surface area (Å²) in [6.07, 6.45) is 12.0. The minimum absolute atomic E-state index is 0.152. The van der Waals surface area contributed by atoms with E-state index in [9.17, 15) is 14.7 Å². The van der Waals surface area contributed by atoms with Crippen molar-refractivity contribution in [3.8, 4) is 0 Å². The molecule has 2 rings (SSSR count). The van der Waals surface area contributed by atoms with Gasteiger partial charge >= 0.3 is 11.9 Å². The van der Waals surface area contributed by atoms with Crippen LogP contribution in [-0.4, -0.2) is 96.0 Å². The van der Waals surface area contributed by atoms with Gasteiger partial charge in [-0.05, 0) is 122 Å². The number of rotatable bonds is 28. The first-order chi connectivity index (χ1) is 28.5. The summed E-state index contributed by atoms with van der Waals surface area (Å²) in [7, 11) is 11.1. The number of allylic oxidation sites excluding steroid dienone is 4. The Morgan fingerprint density at radius 1 is 0.750 bits per heavy atom. The zero-order chi connectivity index (χ0) is 45.6. The zero-order valence-corrected chi connectivity index (χ0v) is 39.4. The normalized spacial score (nSPS) is 14.8. The third-order valence-corrected chi connectivity index (χ3v) is 11.0. The summed E-state index contributed by atoms with van der Waals surface area (Å²) < 4.78 is 27.8. The fourth-order valence-electron chi connectivity index (χ4n) is 6.37. The third kappa shape index (κ3) is 24.5. The quantitative estimate of drug-likeness (QED) is 0.0283. The molecule has 0 amide bonds. The molecule has 0 aliphatic carbocycles. The summed E-state index contributed by atoms with van der Waals surface area (Å²) in [5, 5.41) is 18.7. The second-order valence-corrected chi connectivity index (χ2v) is 17.8. The minimum Gasteiger partial charge on any atom is -0.478 e. The molecule has 0 fully saturated rings. The van der Waals surface area contributed by atoms with Crippen molar-refractivity contribution in [1.29, 1.82) is 0 Å². The van der Waals surface area contributed by atoms with Crippen molar-refractivity contribution < 1.29 is 43.1 Å². The van der Waals surface area contributed by atoms with Crippen LogP contribution < -0.4 is 0 Å². The molecule has 0 saturated heterocycles. The van der Waals surface area contributed by atoms with Gasteiger partial charge in [0.15, 0.2) is 0 Å². The summed E-state index contributed by atoms with van der Waals surface area (Å²) in [5.41, 5.74) is 4.40. The maximum Gasteiger partial charge on any atom is 0.338 e. The number of ether oxygens (including phenoxy) is 3. The third-order valence-electron chi connectivity index (χ3n) is 9.84. The van der Waals surface area contributed by atoms with Crippen molar-refractivity contribution in [2.24, 2.45) is 17.8 Å². The van der Waals surface area contributed by atoms with Gasteiger partial charge in [0.25, 0.3) is 0 Å². The molecule has 0 spiro atoms. The van der Waals surface area contributed by atoms with Gasteiger partial charge in [0.05, 0.1) is 36.5 Å². The van der Waals surface area contributed by atoms with Crippen LogP contribution in [0.1, 0.15) is 102 Å². The van der Waals surface area contributed by atoms with Crippen LogP contribution >= 0.6 is 16.1 Å².